The Hall–Kier alpha value is -0.975. The summed E-state index contributed by atoms with van der Waals surface area (Å²) >= 11 is 0. The fourth-order valence-corrected chi connectivity index (χ4v) is 2.58. The van der Waals surface area contributed by atoms with Gasteiger partial charge in [0.15, 0.2) is 6.19 Å². The minimum atomic E-state index is -0.404. The van der Waals surface area contributed by atoms with Crippen LogP contribution in [0.3, 0.4) is 0 Å². The van der Waals surface area contributed by atoms with Gasteiger partial charge >= 0.3 is 0 Å². The predicted octanol–water partition coefficient (Wildman–Crippen LogP) is 3.40. The van der Waals surface area contributed by atoms with Gasteiger partial charge in [-0.15, -0.1) is 0 Å². The highest BCUT2D eigenvalue weighted by molar-refractivity contribution is 6.12. The van der Waals surface area contributed by atoms with Crippen LogP contribution in [0.4, 0.5) is 4.39 Å². The van der Waals surface area contributed by atoms with Gasteiger partial charge in [-0.3, -0.25) is 4.39 Å². The molecule has 0 bridgehead atoms. The predicted molar refractivity (Wildman–Crippen MR) is 77.3 cm³/mol. The molecule has 0 N–H and O–H groups in total. The molecule has 0 heterocycles. The number of hydrogen-bond donors (Lipinski definition) is 0. The lowest BCUT2D eigenvalue weighted by molar-refractivity contribution is 0.254. The lowest BCUT2D eigenvalue weighted by Crippen LogP contribution is -2.33. The SMILES string of the molecule is [B]C(C/C(C)=C\C(C)C1CCC1)N(C#N)CCCF. The van der Waals surface area contributed by atoms with Crippen LogP contribution in [0.25, 0.3) is 0 Å². The van der Waals surface area contributed by atoms with Gasteiger partial charge in [-0.1, -0.05) is 25.0 Å². The first kappa shape index (κ1) is 16.1. The number of nitrogens with zero attached hydrogens (tertiary/aromatic N) is 2. The second-order valence-corrected chi connectivity index (χ2v) is 5.67. The van der Waals surface area contributed by atoms with Crippen molar-refractivity contribution in [2.24, 2.45) is 11.8 Å². The highest BCUT2D eigenvalue weighted by Crippen LogP contribution is 2.34. The van der Waals surface area contributed by atoms with Crippen LogP contribution in [0.15, 0.2) is 11.6 Å². The molecular formula is C15H24BFN2. The van der Waals surface area contributed by atoms with Crippen LogP contribution in [0.2, 0.25) is 0 Å². The van der Waals surface area contributed by atoms with Crippen LogP contribution < -0.4 is 0 Å². The zero-order valence-electron chi connectivity index (χ0n) is 12.1. The van der Waals surface area contributed by atoms with Gasteiger partial charge in [-0.25, -0.2) is 0 Å². The summed E-state index contributed by atoms with van der Waals surface area (Å²) in [5.74, 6) is 1.09. The average Bonchev–Trinajstić information content (AvgIpc) is 2.27. The molecule has 104 valence electrons. The molecular weight excluding hydrogens is 238 g/mol. The van der Waals surface area contributed by atoms with E-state index in [1.807, 2.05) is 0 Å². The topological polar surface area (TPSA) is 27.0 Å². The van der Waals surface area contributed by atoms with Gasteiger partial charge in [-0.2, -0.15) is 5.26 Å². The maximum atomic E-state index is 12.1. The molecule has 1 fully saturated rings. The van der Waals surface area contributed by atoms with Crippen molar-refractivity contribution in [2.75, 3.05) is 13.2 Å². The summed E-state index contributed by atoms with van der Waals surface area (Å²) in [6.07, 6.45) is 9.40. The quantitative estimate of drug-likeness (QED) is 0.290. The Kier molecular flexibility index (Phi) is 6.98. The van der Waals surface area contributed by atoms with Crippen LogP contribution >= 0.6 is 0 Å². The van der Waals surface area contributed by atoms with Gasteiger partial charge in [-0.05, 0) is 44.4 Å². The Morgan fingerprint density at radius 1 is 1.58 bits per heavy atom. The summed E-state index contributed by atoms with van der Waals surface area (Å²) in [6.45, 7) is 4.32. The van der Waals surface area contributed by atoms with Crippen LogP contribution in [0, 0.1) is 23.3 Å². The smallest absolute Gasteiger partial charge is 0.178 e. The Morgan fingerprint density at radius 2 is 2.26 bits per heavy atom. The van der Waals surface area contributed by atoms with Crippen LogP contribution in [0.1, 0.15) is 46.0 Å². The lowest BCUT2D eigenvalue weighted by Gasteiger charge is -2.30. The van der Waals surface area contributed by atoms with E-state index < -0.39 is 6.67 Å². The summed E-state index contributed by atoms with van der Waals surface area (Å²) < 4.78 is 12.1. The third-order valence-electron chi connectivity index (χ3n) is 4.03. The second kappa shape index (κ2) is 8.25. The highest BCUT2D eigenvalue weighted by Gasteiger charge is 2.22. The summed E-state index contributed by atoms with van der Waals surface area (Å²) in [5.41, 5.74) is 1.23. The van der Waals surface area contributed by atoms with Gasteiger partial charge in [0.05, 0.1) is 6.67 Å². The molecule has 1 aliphatic carbocycles. The number of halogens is 1. The van der Waals surface area contributed by atoms with E-state index >= 15 is 0 Å². The van der Waals surface area contributed by atoms with E-state index in [0.717, 1.165) is 5.92 Å². The lowest BCUT2D eigenvalue weighted by atomic mass is 9.75. The fraction of sp³-hybridized carbons (Fsp3) is 0.800. The number of hydrogen-bond acceptors (Lipinski definition) is 2. The molecule has 4 heteroatoms. The first-order valence-corrected chi connectivity index (χ1v) is 7.23. The minimum absolute atomic E-state index is 0.332. The van der Waals surface area contributed by atoms with E-state index in [1.54, 1.807) is 0 Å². The Labute approximate surface area is 118 Å². The Bertz CT molecular complexity index is 334. The summed E-state index contributed by atoms with van der Waals surface area (Å²) in [6, 6.07) is 0. The van der Waals surface area contributed by atoms with E-state index in [9.17, 15) is 4.39 Å². The molecule has 0 aromatic rings. The number of allylic oxidation sites excluding steroid dienone is 1. The summed E-state index contributed by atoms with van der Waals surface area (Å²) in [7, 11) is 6.01. The number of nitriles is 1. The van der Waals surface area contributed by atoms with Gasteiger partial charge in [0.25, 0.3) is 0 Å². The molecule has 0 aromatic heterocycles. The third-order valence-corrected chi connectivity index (χ3v) is 4.03. The molecule has 19 heavy (non-hydrogen) atoms. The molecule has 1 aliphatic rings. The van der Waals surface area contributed by atoms with E-state index in [2.05, 4.69) is 26.1 Å². The van der Waals surface area contributed by atoms with E-state index in [0.29, 0.717) is 25.3 Å². The molecule has 2 unspecified atom stereocenters. The molecule has 0 saturated heterocycles. The van der Waals surface area contributed by atoms with Gasteiger partial charge in [0.1, 0.15) is 7.85 Å². The standard InChI is InChI=1S/C15H24BFN2/c1-12(9-13(2)14-5-3-6-14)10-15(16)19(11-18)8-4-7-17/h9,13-15H,3-8,10H2,1-2H3/b12-9-. The molecule has 0 spiro atoms. The first-order chi connectivity index (χ1) is 9.08. The van der Waals surface area contributed by atoms with Crippen molar-refractivity contribution in [1.29, 1.82) is 5.26 Å². The zero-order valence-corrected chi connectivity index (χ0v) is 12.1. The zero-order chi connectivity index (χ0) is 14.3. The third kappa shape index (κ3) is 5.26. The van der Waals surface area contributed by atoms with Crippen LogP contribution in [-0.2, 0) is 0 Å². The second-order valence-electron chi connectivity index (χ2n) is 5.67. The minimum Gasteiger partial charge on any atom is -0.316 e. The normalized spacial score (nSPS) is 19.4. The van der Waals surface area contributed by atoms with Crippen molar-refractivity contribution < 1.29 is 4.39 Å². The largest absolute Gasteiger partial charge is 0.316 e. The highest BCUT2D eigenvalue weighted by atomic mass is 19.1. The van der Waals surface area contributed by atoms with Crippen LogP contribution in [0.5, 0.6) is 0 Å². The molecule has 2 radical (unpaired) electrons. The van der Waals surface area contributed by atoms with Crippen molar-refractivity contribution in [3.8, 4) is 6.19 Å². The maximum Gasteiger partial charge on any atom is 0.178 e. The van der Waals surface area contributed by atoms with Crippen molar-refractivity contribution >= 4 is 7.85 Å². The average molecular weight is 262 g/mol. The van der Waals surface area contributed by atoms with E-state index in [1.165, 1.54) is 29.7 Å². The van der Waals surface area contributed by atoms with Crippen molar-refractivity contribution in [3.05, 3.63) is 11.6 Å². The molecule has 2 atom stereocenters. The molecule has 1 saturated carbocycles. The summed E-state index contributed by atoms with van der Waals surface area (Å²) in [5, 5.41) is 9.01. The number of rotatable bonds is 8. The molecule has 2 nitrogen and oxygen atoms in total. The summed E-state index contributed by atoms with van der Waals surface area (Å²) in [4.78, 5) is 1.48. The maximum absolute atomic E-state index is 12.1. The van der Waals surface area contributed by atoms with Gasteiger partial charge < -0.3 is 4.90 Å². The first-order valence-electron chi connectivity index (χ1n) is 7.23. The Morgan fingerprint density at radius 3 is 2.74 bits per heavy atom. The van der Waals surface area contributed by atoms with Crippen LogP contribution in [-0.4, -0.2) is 31.9 Å². The molecule has 0 aromatic carbocycles. The monoisotopic (exact) mass is 262 g/mol. The molecule has 1 rings (SSSR count). The molecule has 0 amide bonds. The van der Waals surface area contributed by atoms with E-state index in [-0.39, 0.29) is 5.94 Å². The van der Waals surface area contributed by atoms with Crippen molar-refractivity contribution in [2.45, 2.75) is 51.9 Å². The Balaban J connectivity index is 2.42. The van der Waals surface area contributed by atoms with Gasteiger partial charge in [0.2, 0.25) is 0 Å². The number of alkyl halides is 1. The fourth-order valence-electron chi connectivity index (χ4n) is 2.58. The van der Waals surface area contributed by atoms with Crippen molar-refractivity contribution in [3.63, 3.8) is 0 Å². The van der Waals surface area contributed by atoms with E-state index in [4.69, 9.17) is 13.1 Å². The van der Waals surface area contributed by atoms with Gasteiger partial charge in [0, 0.05) is 12.5 Å². The van der Waals surface area contributed by atoms with Crippen molar-refractivity contribution in [1.82, 2.24) is 4.90 Å². The molecule has 0 aliphatic heterocycles.